The van der Waals surface area contributed by atoms with Crippen LogP contribution in [0.5, 0.6) is 0 Å². The summed E-state index contributed by atoms with van der Waals surface area (Å²) >= 11 is 0. The molecule has 7 heteroatoms. The highest BCUT2D eigenvalue weighted by Crippen LogP contribution is 2.20. The van der Waals surface area contributed by atoms with Crippen molar-refractivity contribution in [3.63, 3.8) is 0 Å². The smallest absolute Gasteiger partial charge is 0.317 e. The minimum absolute atomic E-state index is 0.121. The molecule has 2 amide bonds. The maximum atomic E-state index is 13.9. The van der Waals surface area contributed by atoms with Gasteiger partial charge < -0.3 is 15.1 Å². The predicted molar refractivity (Wildman–Crippen MR) is 89.1 cm³/mol. The molecule has 1 aromatic carbocycles. The molecule has 0 bridgehead atoms. The number of urea groups is 1. The molecule has 0 saturated carbocycles. The van der Waals surface area contributed by atoms with Gasteiger partial charge in [0, 0.05) is 32.4 Å². The monoisotopic (exact) mass is 329 g/mol. The maximum Gasteiger partial charge on any atom is 0.317 e. The number of hydrogen-bond donors (Lipinski definition) is 1. The topological polar surface area (TPSA) is 61.4 Å². The molecule has 1 aliphatic heterocycles. The van der Waals surface area contributed by atoms with Crippen LogP contribution in [0.2, 0.25) is 0 Å². The largest absolute Gasteiger partial charge is 0.367 e. The Hall–Kier alpha value is -2.70. The van der Waals surface area contributed by atoms with Gasteiger partial charge in [0.05, 0.1) is 17.9 Å². The van der Waals surface area contributed by atoms with E-state index in [1.807, 2.05) is 11.0 Å². The number of aromatic nitrogens is 2. The van der Waals surface area contributed by atoms with Crippen molar-refractivity contribution in [1.29, 1.82) is 0 Å². The number of carbonyl (C=O) groups excluding carboxylic acids is 1. The summed E-state index contributed by atoms with van der Waals surface area (Å²) in [6.45, 7) is 2.93. The van der Waals surface area contributed by atoms with Crippen LogP contribution in [0, 0.1) is 5.82 Å². The quantitative estimate of drug-likeness (QED) is 0.936. The Bertz CT molecular complexity index is 682. The van der Waals surface area contributed by atoms with Gasteiger partial charge in [0.15, 0.2) is 0 Å². The lowest BCUT2D eigenvalue weighted by Crippen LogP contribution is -2.41. The molecule has 0 spiro atoms. The number of nitrogens with one attached hydrogen (secondary N) is 1. The Morgan fingerprint density at radius 3 is 2.83 bits per heavy atom. The first-order valence-corrected chi connectivity index (χ1v) is 8.01. The van der Waals surface area contributed by atoms with Gasteiger partial charge in [0.2, 0.25) is 0 Å². The second-order valence-electron chi connectivity index (χ2n) is 5.64. The fourth-order valence-corrected chi connectivity index (χ4v) is 2.77. The fraction of sp³-hybridized carbons (Fsp3) is 0.353. The molecule has 0 radical (unpaired) electrons. The molecule has 1 N–H and O–H groups in total. The average Bonchev–Trinajstić information content (AvgIpc) is 2.87. The van der Waals surface area contributed by atoms with E-state index >= 15 is 0 Å². The van der Waals surface area contributed by atoms with Crippen LogP contribution in [0.25, 0.3) is 0 Å². The molecule has 0 aliphatic carbocycles. The van der Waals surface area contributed by atoms with Gasteiger partial charge in [-0.15, -0.1) is 0 Å². The molecule has 3 rings (SSSR count). The van der Waals surface area contributed by atoms with Crippen molar-refractivity contribution in [3.8, 4) is 0 Å². The molecular weight excluding hydrogens is 309 g/mol. The van der Waals surface area contributed by atoms with Crippen molar-refractivity contribution < 1.29 is 9.18 Å². The lowest BCUT2D eigenvalue weighted by Gasteiger charge is -2.24. The second kappa shape index (κ2) is 7.72. The zero-order chi connectivity index (χ0) is 16.8. The highest BCUT2D eigenvalue weighted by atomic mass is 19.1. The number of carbonyl (C=O) groups is 1. The van der Waals surface area contributed by atoms with E-state index in [1.54, 1.807) is 29.3 Å². The molecule has 1 aliphatic rings. The SMILES string of the molecule is O=C(NCc1ccncn1)N1CCCN(c2ccccc2F)CC1. The van der Waals surface area contributed by atoms with E-state index in [0.717, 1.165) is 18.7 Å². The summed E-state index contributed by atoms with van der Waals surface area (Å²) in [5, 5.41) is 2.87. The third kappa shape index (κ3) is 3.98. The van der Waals surface area contributed by atoms with Crippen LogP contribution < -0.4 is 10.2 Å². The Balaban J connectivity index is 1.55. The first-order chi connectivity index (χ1) is 11.7. The third-order valence-corrected chi connectivity index (χ3v) is 4.04. The summed E-state index contributed by atoms with van der Waals surface area (Å²) in [6.07, 6.45) is 3.90. The molecule has 1 aromatic heterocycles. The van der Waals surface area contributed by atoms with Crippen molar-refractivity contribution >= 4 is 11.7 Å². The Morgan fingerprint density at radius 1 is 1.17 bits per heavy atom. The number of benzene rings is 1. The number of hydrogen-bond acceptors (Lipinski definition) is 4. The molecule has 0 unspecified atom stereocenters. The standard InChI is InChI=1S/C17H20FN5O/c18-15-4-1-2-5-16(15)22-8-3-9-23(11-10-22)17(24)20-12-14-6-7-19-13-21-14/h1-2,4-7,13H,3,8-12H2,(H,20,24). The third-order valence-electron chi connectivity index (χ3n) is 4.04. The number of nitrogens with zero attached hydrogens (tertiary/aromatic N) is 4. The van der Waals surface area contributed by atoms with Gasteiger partial charge in [-0.3, -0.25) is 0 Å². The van der Waals surface area contributed by atoms with E-state index in [1.165, 1.54) is 12.4 Å². The molecule has 6 nitrogen and oxygen atoms in total. The fourth-order valence-electron chi connectivity index (χ4n) is 2.77. The summed E-state index contributed by atoms with van der Waals surface area (Å²) in [5.74, 6) is -0.223. The Labute approximate surface area is 140 Å². The van der Waals surface area contributed by atoms with Crippen LogP contribution in [0.3, 0.4) is 0 Å². The number of rotatable bonds is 3. The molecule has 1 fully saturated rings. The van der Waals surface area contributed by atoms with E-state index in [9.17, 15) is 9.18 Å². The van der Waals surface area contributed by atoms with Crippen molar-refractivity contribution in [2.24, 2.45) is 0 Å². The molecule has 2 aromatic rings. The van der Waals surface area contributed by atoms with Gasteiger partial charge in [-0.2, -0.15) is 0 Å². The lowest BCUT2D eigenvalue weighted by atomic mass is 10.2. The molecular formula is C17H20FN5O. The van der Waals surface area contributed by atoms with Crippen LogP contribution >= 0.6 is 0 Å². The number of anilines is 1. The van der Waals surface area contributed by atoms with Crippen LogP contribution in [-0.2, 0) is 6.54 Å². The van der Waals surface area contributed by atoms with E-state index in [2.05, 4.69) is 15.3 Å². The molecule has 0 atom stereocenters. The van der Waals surface area contributed by atoms with E-state index in [4.69, 9.17) is 0 Å². The summed E-state index contributed by atoms with van der Waals surface area (Å²) in [6, 6.07) is 8.40. The van der Waals surface area contributed by atoms with Crippen molar-refractivity contribution in [1.82, 2.24) is 20.2 Å². The molecule has 24 heavy (non-hydrogen) atoms. The first-order valence-electron chi connectivity index (χ1n) is 8.01. The van der Waals surface area contributed by atoms with Crippen LogP contribution in [0.4, 0.5) is 14.9 Å². The predicted octanol–water partition coefficient (Wildman–Crippen LogP) is 2.04. The van der Waals surface area contributed by atoms with Crippen molar-refractivity contribution in [2.45, 2.75) is 13.0 Å². The number of amides is 2. The average molecular weight is 329 g/mol. The van der Waals surface area contributed by atoms with Crippen LogP contribution in [0.15, 0.2) is 42.9 Å². The number of para-hydroxylation sites is 1. The first kappa shape index (κ1) is 16.2. The summed E-state index contributed by atoms with van der Waals surface area (Å²) in [7, 11) is 0. The minimum atomic E-state index is -0.223. The maximum absolute atomic E-state index is 13.9. The van der Waals surface area contributed by atoms with E-state index in [-0.39, 0.29) is 11.8 Å². The lowest BCUT2D eigenvalue weighted by molar-refractivity contribution is 0.201. The minimum Gasteiger partial charge on any atom is -0.367 e. The highest BCUT2D eigenvalue weighted by molar-refractivity contribution is 5.74. The molecule has 2 heterocycles. The molecule has 126 valence electrons. The van der Waals surface area contributed by atoms with Gasteiger partial charge in [-0.1, -0.05) is 12.1 Å². The van der Waals surface area contributed by atoms with Crippen LogP contribution in [-0.4, -0.2) is 47.1 Å². The van der Waals surface area contributed by atoms with Gasteiger partial charge in [-0.05, 0) is 24.6 Å². The van der Waals surface area contributed by atoms with Gasteiger partial charge in [0.25, 0.3) is 0 Å². The van der Waals surface area contributed by atoms with Gasteiger partial charge in [0.1, 0.15) is 12.1 Å². The number of halogens is 1. The second-order valence-corrected chi connectivity index (χ2v) is 5.64. The Kier molecular flexibility index (Phi) is 5.20. The zero-order valence-corrected chi connectivity index (χ0v) is 13.4. The van der Waals surface area contributed by atoms with Gasteiger partial charge in [-0.25, -0.2) is 19.2 Å². The normalized spacial score (nSPS) is 15.0. The Morgan fingerprint density at radius 2 is 2.04 bits per heavy atom. The molecule has 1 saturated heterocycles. The highest BCUT2D eigenvalue weighted by Gasteiger charge is 2.20. The van der Waals surface area contributed by atoms with E-state index in [0.29, 0.717) is 31.9 Å². The van der Waals surface area contributed by atoms with Crippen LogP contribution in [0.1, 0.15) is 12.1 Å². The van der Waals surface area contributed by atoms with Crippen molar-refractivity contribution in [2.75, 3.05) is 31.1 Å². The van der Waals surface area contributed by atoms with Gasteiger partial charge >= 0.3 is 6.03 Å². The summed E-state index contributed by atoms with van der Waals surface area (Å²) < 4.78 is 13.9. The summed E-state index contributed by atoms with van der Waals surface area (Å²) in [5.41, 5.74) is 1.36. The summed E-state index contributed by atoms with van der Waals surface area (Å²) in [4.78, 5) is 24.0. The van der Waals surface area contributed by atoms with E-state index < -0.39 is 0 Å². The van der Waals surface area contributed by atoms with Crippen molar-refractivity contribution in [3.05, 3.63) is 54.4 Å². The zero-order valence-electron chi connectivity index (χ0n) is 13.4.